The van der Waals surface area contributed by atoms with E-state index in [-0.39, 0.29) is 5.56 Å². The van der Waals surface area contributed by atoms with Gasteiger partial charge in [0.1, 0.15) is 5.75 Å². The van der Waals surface area contributed by atoms with E-state index in [9.17, 15) is 4.79 Å². The number of benzene rings is 1. The monoisotopic (exact) mass is 342 g/mol. The van der Waals surface area contributed by atoms with E-state index in [1.54, 1.807) is 19.4 Å². The predicted octanol–water partition coefficient (Wildman–Crippen LogP) is 1.90. The molecule has 2 aromatic rings. The van der Waals surface area contributed by atoms with Gasteiger partial charge in [-0.25, -0.2) is 4.68 Å². The quantitative estimate of drug-likeness (QED) is 0.801. The number of rotatable bonds is 3. The Hall–Kier alpha value is -1.37. The third kappa shape index (κ3) is 2.85. The number of hydrogen-bond acceptors (Lipinski definition) is 3. The van der Waals surface area contributed by atoms with Gasteiger partial charge in [0.05, 0.1) is 19.9 Å². The fraction of sp³-hybridized carbons (Fsp3) is 0.167. The van der Waals surface area contributed by atoms with E-state index in [0.29, 0.717) is 6.54 Å². The standard InChI is InChI=1S/C12H11IN2O2/c1-17-11-5-3-2-4-9(11)8-15-12(16)6-10(13)7-14-15/h2-7H,8H2,1H3. The van der Waals surface area contributed by atoms with Gasteiger partial charge in [0, 0.05) is 15.2 Å². The lowest BCUT2D eigenvalue weighted by Gasteiger charge is -2.08. The molecule has 5 heteroatoms. The lowest BCUT2D eigenvalue weighted by atomic mass is 10.2. The highest BCUT2D eigenvalue weighted by molar-refractivity contribution is 14.1. The summed E-state index contributed by atoms with van der Waals surface area (Å²) < 4.78 is 7.49. The van der Waals surface area contributed by atoms with Gasteiger partial charge in [-0.05, 0) is 28.7 Å². The number of methoxy groups -OCH3 is 1. The van der Waals surface area contributed by atoms with Crippen molar-refractivity contribution in [3.05, 3.63) is 56.0 Å². The number of para-hydroxylation sites is 1. The molecular weight excluding hydrogens is 331 g/mol. The summed E-state index contributed by atoms with van der Waals surface area (Å²) in [5.41, 5.74) is 0.827. The van der Waals surface area contributed by atoms with E-state index in [0.717, 1.165) is 14.9 Å². The summed E-state index contributed by atoms with van der Waals surface area (Å²) in [6.07, 6.45) is 1.66. The molecule has 0 aliphatic carbocycles. The van der Waals surface area contributed by atoms with Crippen molar-refractivity contribution in [2.75, 3.05) is 7.11 Å². The van der Waals surface area contributed by atoms with Crippen LogP contribution in [0.15, 0.2) is 41.3 Å². The van der Waals surface area contributed by atoms with Crippen LogP contribution in [0.2, 0.25) is 0 Å². The summed E-state index contributed by atoms with van der Waals surface area (Å²) in [4.78, 5) is 11.7. The highest BCUT2D eigenvalue weighted by Gasteiger charge is 2.04. The smallest absolute Gasteiger partial charge is 0.268 e. The maximum absolute atomic E-state index is 11.7. The largest absolute Gasteiger partial charge is 0.496 e. The third-order valence-corrected chi connectivity index (χ3v) is 2.94. The molecule has 1 heterocycles. The van der Waals surface area contributed by atoms with Crippen molar-refractivity contribution >= 4 is 22.6 Å². The van der Waals surface area contributed by atoms with Crippen molar-refractivity contribution in [1.29, 1.82) is 0 Å². The molecule has 1 aromatic heterocycles. The Morgan fingerprint density at radius 3 is 2.88 bits per heavy atom. The Morgan fingerprint density at radius 2 is 2.18 bits per heavy atom. The minimum absolute atomic E-state index is 0.109. The second-order valence-corrected chi connectivity index (χ2v) is 4.73. The molecule has 0 N–H and O–H groups in total. The van der Waals surface area contributed by atoms with Gasteiger partial charge in [-0.3, -0.25) is 4.79 Å². The van der Waals surface area contributed by atoms with Crippen LogP contribution in [-0.2, 0) is 6.54 Å². The van der Waals surface area contributed by atoms with Gasteiger partial charge in [-0.2, -0.15) is 5.10 Å². The van der Waals surface area contributed by atoms with Crippen LogP contribution in [0.3, 0.4) is 0 Å². The molecule has 0 saturated carbocycles. The van der Waals surface area contributed by atoms with Crippen LogP contribution in [-0.4, -0.2) is 16.9 Å². The lowest BCUT2D eigenvalue weighted by molar-refractivity contribution is 0.406. The van der Waals surface area contributed by atoms with E-state index < -0.39 is 0 Å². The second kappa shape index (κ2) is 5.31. The first-order chi connectivity index (χ1) is 8.20. The van der Waals surface area contributed by atoms with Crippen LogP contribution in [0.5, 0.6) is 5.75 Å². The van der Waals surface area contributed by atoms with E-state index in [4.69, 9.17) is 4.74 Å². The Morgan fingerprint density at radius 1 is 1.41 bits per heavy atom. The average Bonchev–Trinajstić information content (AvgIpc) is 2.33. The lowest BCUT2D eigenvalue weighted by Crippen LogP contribution is -2.22. The Bertz CT molecular complexity index is 581. The summed E-state index contributed by atoms with van der Waals surface area (Å²) in [7, 11) is 1.61. The molecule has 0 radical (unpaired) electrons. The first-order valence-corrected chi connectivity index (χ1v) is 6.13. The number of halogens is 1. The number of nitrogens with zero attached hydrogens (tertiary/aromatic N) is 2. The van der Waals surface area contributed by atoms with Gasteiger partial charge in [0.15, 0.2) is 0 Å². The van der Waals surface area contributed by atoms with Crippen LogP contribution >= 0.6 is 22.6 Å². The molecule has 0 bridgehead atoms. The van der Waals surface area contributed by atoms with Crippen molar-refractivity contribution < 1.29 is 4.74 Å². The van der Waals surface area contributed by atoms with Gasteiger partial charge in [0.25, 0.3) is 5.56 Å². The molecule has 0 spiro atoms. The molecule has 0 atom stereocenters. The molecule has 0 fully saturated rings. The summed E-state index contributed by atoms with van der Waals surface area (Å²) in [6.45, 7) is 0.416. The molecule has 1 aromatic carbocycles. The predicted molar refractivity (Wildman–Crippen MR) is 73.3 cm³/mol. The van der Waals surface area contributed by atoms with Crippen molar-refractivity contribution in [3.63, 3.8) is 0 Å². The molecule has 0 saturated heterocycles. The molecule has 4 nitrogen and oxygen atoms in total. The van der Waals surface area contributed by atoms with Gasteiger partial charge in [-0.1, -0.05) is 18.2 Å². The fourth-order valence-electron chi connectivity index (χ4n) is 1.53. The Labute approximate surface area is 112 Å². The van der Waals surface area contributed by atoms with E-state index in [2.05, 4.69) is 27.7 Å². The average molecular weight is 342 g/mol. The van der Waals surface area contributed by atoms with Gasteiger partial charge in [0.2, 0.25) is 0 Å². The highest BCUT2D eigenvalue weighted by Crippen LogP contribution is 2.17. The normalized spacial score (nSPS) is 10.2. The number of hydrogen-bond donors (Lipinski definition) is 0. The van der Waals surface area contributed by atoms with E-state index in [1.807, 2.05) is 24.3 Å². The maximum atomic E-state index is 11.7. The van der Waals surface area contributed by atoms with E-state index >= 15 is 0 Å². The van der Waals surface area contributed by atoms with Crippen molar-refractivity contribution in [1.82, 2.24) is 9.78 Å². The molecule has 0 aliphatic heterocycles. The first kappa shape index (κ1) is 12.1. The third-order valence-electron chi connectivity index (χ3n) is 2.35. The molecule has 2 rings (SSSR count). The molecule has 88 valence electrons. The molecule has 0 amide bonds. The second-order valence-electron chi connectivity index (χ2n) is 3.48. The first-order valence-electron chi connectivity index (χ1n) is 5.05. The van der Waals surface area contributed by atoms with Crippen LogP contribution in [0.4, 0.5) is 0 Å². The minimum Gasteiger partial charge on any atom is -0.496 e. The summed E-state index contributed by atoms with van der Waals surface area (Å²) in [6, 6.07) is 9.16. The Balaban J connectivity index is 2.35. The number of ether oxygens (including phenoxy) is 1. The fourth-order valence-corrected chi connectivity index (χ4v) is 1.92. The summed E-state index contributed by atoms with van der Waals surface area (Å²) in [5.74, 6) is 0.764. The van der Waals surface area contributed by atoms with Gasteiger partial charge < -0.3 is 4.74 Å². The zero-order valence-corrected chi connectivity index (χ0v) is 11.4. The molecule has 17 heavy (non-hydrogen) atoms. The van der Waals surface area contributed by atoms with Crippen LogP contribution in [0, 0.1) is 3.57 Å². The Kier molecular flexibility index (Phi) is 3.78. The summed E-state index contributed by atoms with van der Waals surface area (Å²) >= 11 is 2.07. The van der Waals surface area contributed by atoms with Crippen LogP contribution in [0.1, 0.15) is 5.56 Å². The van der Waals surface area contributed by atoms with E-state index in [1.165, 1.54) is 4.68 Å². The SMILES string of the molecule is COc1ccccc1Cn1ncc(I)cc1=O. The highest BCUT2D eigenvalue weighted by atomic mass is 127. The van der Waals surface area contributed by atoms with Gasteiger partial charge in [-0.15, -0.1) is 0 Å². The van der Waals surface area contributed by atoms with Crippen molar-refractivity contribution in [3.8, 4) is 5.75 Å². The molecule has 0 aliphatic rings. The zero-order chi connectivity index (χ0) is 12.3. The minimum atomic E-state index is -0.109. The van der Waals surface area contributed by atoms with Crippen molar-refractivity contribution in [2.24, 2.45) is 0 Å². The topological polar surface area (TPSA) is 44.1 Å². The zero-order valence-electron chi connectivity index (χ0n) is 9.26. The van der Waals surface area contributed by atoms with Crippen molar-refractivity contribution in [2.45, 2.75) is 6.54 Å². The van der Waals surface area contributed by atoms with Gasteiger partial charge >= 0.3 is 0 Å². The number of aromatic nitrogens is 2. The molecule has 0 unspecified atom stereocenters. The summed E-state index contributed by atoms with van der Waals surface area (Å²) in [5, 5.41) is 4.09. The molecular formula is C12H11IN2O2. The maximum Gasteiger partial charge on any atom is 0.268 e. The van der Waals surface area contributed by atoms with Crippen LogP contribution < -0.4 is 10.3 Å². The van der Waals surface area contributed by atoms with Crippen LogP contribution in [0.25, 0.3) is 0 Å².